The summed E-state index contributed by atoms with van der Waals surface area (Å²) in [5.41, 5.74) is 1.07. The lowest BCUT2D eigenvalue weighted by atomic mass is 10.0. The summed E-state index contributed by atoms with van der Waals surface area (Å²) in [6.07, 6.45) is 0.318. The Kier molecular flexibility index (Phi) is 6.21. The van der Waals surface area contributed by atoms with Crippen molar-refractivity contribution in [2.45, 2.75) is 26.3 Å². The Labute approximate surface area is 150 Å². The average Bonchev–Trinajstić information content (AvgIpc) is 3.01. The summed E-state index contributed by atoms with van der Waals surface area (Å²) in [5, 5.41) is 14.8. The Balaban J connectivity index is 1.95. The SMILES string of the molecule is COc1ccc2[nH]c(C(=O)NCC(=O)N[C@@H](CC(C)C)C(=O)O)cc2c1. The van der Waals surface area contributed by atoms with Crippen LogP contribution in [0.25, 0.3) is 10.9 Å². The molecule has 0 saturated heterocycles. The fourth-order valence-corrected chi connectivity index (χ4v) is 2.55. The lowest BCUT2D eigenvalue weighted by Crippen LogP contribution is -2.46. The van der Waals surface area contributed by atoms with Gasteiger partial charge in [-0.15, -0.1) is 0 Å². The van der Waals surface area contributed by atoms with E-state index in [0.717, 1.165) is 10.9 Å². The van der Waals surface area contributed by atoms with Gasteiger partial charge in [-0.3, -0.25) is 9.59 Å². The van der Waals surface area contributed by atoms with Gasteiger partial charge in [-0.2, -0.15) is 0 Å². The second-order valence-corrected chi connectivity index (χ2v) is 6.41. The first-order valence-electron chi connectivity index (χ1n) is 8.27. The molecule has 26 heavy (non-hydrogen) atoms. The number of carbonyl (C=O) groups is 3. The van der Waals surface area contributed by atoms with Gasteiger partial charge in [0.25, 0.3) is 5.91 Å². The topological polar surface area (TPSA) is 121 Å². The van der Waals surface area contributed by atoms with Crippen LogP contribution in [0.2, 0.25) is 0 Å². The van der Waals surface area contributed by atoms with Gasteiger partial charge in [-0.1, -0.05) is 13.8 Å². The van der Waals surface area contributed by atoms with Crippen molar-refractivity contribution in [3.63, 3.8) is 0 Å². The van der Waals surface area contributed by atoms with Crippen LogP contribution in [0.5, 0.6) is 5.75 Å². The van der Waals surface area contributed by atoms with Crippen LogP contribution in [-0.4, -0.2) is 47.6 Å². The van der Waals surface area contributed by atoms with Gasteiger partial charge in [0.2, 0.25) is 5.91 Å². The number of nitrogens with one attached hydrogen (secondary N) is 3. The van der Waals surface area contributed by atoms with Crippen molar-refractivity contribution >= 4 is 28.7 Å². The number of carboxylic acids is 1. The van der Waals surface area contributed by atoms with E-state index in [4.69, 9.17) is 9.84 Å². The molecule has 0 aliphatic rings. The molecule has 2 rings (SSSR count). The van der Waals surface area contributed by atoms with Gasteiger partial charge < -0.3 is 25.5 Å². The van der Waals surface area contributed by atoms with E-state index in [1.54, 1.807) is 31.4 Å². The molecule has 0 bridgehead atoms. The first kappa shape index (κ1) is 19.3. The van der Waals surface area contributed by atoms with Crippen LogP contribution >= 0.6 is 0 Å². The van der Waals surface area contributed by atoms with E-state index in [1.807, 2.05) is 13.8 Å². The lowest BCUT2D eigenvalue weighted by Gasteiger charge is -2.16. The maximum atomic E-state index is 12.2. The average molecular weight is 361 g/mol. The first-order chi connectivity index (χ1) is 12.3. The van der Waals surface area contributed by atoms with Crippen LogP contribution in [0.3, 0.4) is 0 Å². The summed E-state index contributed by atoms with van der Waals surface area (Å²) >= 11 is 0. The maximum Gasteiger partial charge on any atom is 0.326 e. The molecule has 4 N–H and O–H groups in total. The summed E-state index contributed by atoms with van der Waals surface area (Å²) in [6, 6.07) is 6.04. The number of aromatic amines is 1. The molecule has 8 heteroatoms. The van der Waals surface area contributed by atoms with Crippen molar-refractivity contribution < 1.29 is 24.2 Å². The minimum atomic E-state index is -1.09. The summed E-state index contributed by atoms with van der Waals surface area (Å²) < 4.78 is 5.14. The number of hydrogen-bond donors (Lipinski definition) is 4. The van der Waals surface area contributed by atoms with Gasteiger partial charge in [0.05, 0.1) is 13.7 Å². The number of aliphatic carboxylic acids is 1. The monoisotopic (exact) mass is 361 g/mol. The maximum absolute atomic E-state index is 12.2. The molecule has 0 unspecified atom stereocenters. The van der Waals surface area contributed by atoms with Gasteiger partial charge in [0, 0.05) is 10.9 Å². The number of hydrogen-bond acceptors (Lipinski definition) is 4. The fraction of sp³-hybridized carbons (Fsp3) is 0.389. The summed E-state index contributed by atoms with van der Waals surface area (Å²) in [5.74, 6) is -1.31. The third-order valence-corrected chi connectivity index (χ3v) is 3.82. The summed E-state index contributed by atoms with van der Waals surface area (Å²) in [7, 11) is 1.56. The summed E-state index contributed by atoms with van der Waals surface area (Å²) in [4.78, 5) is 38.2. The molecule has 8 nitrogen and oxygen atoms in total. The molecular weight excluding hydrogens is 338 g/mol. The van der Waals surface area contributed by atoms with Gasteiger partial charge in [0.15, 0.2) is 0 Å². The molecule has 2 aromatic rings. The number of H-pyrrole nitrogens is 1. The van der Waals surface area contributed by atoms with Crippen LogP contribution < -0.4 is 15.4 Å². The molecule has 0 aliphatic carbocycles. The predicted molar refractivity (Wildman–Crippen MR) is 96.2 cm³/mol. The number of methoxy groups -OCH3 is 1. The number of carboxylic acid groups (broad SMARTS) is 1. The molecule has 0 fully saturated rings. The van der Waals surface area contributed by atoms with Crippen LogP contribution in [0.15, 0.2) is 24.3 Å². The minimum absolute atomic E-state index is 0.120. The third kappa shape index (κ3) is 4.98. The number of rotatable bonds is 8. The number of amides is 2. The molecule has 1 atom stereocenters. The second-order valence-electron chi connectivity index (χ2n) is 6.41. The van der Waals surface area contributed by atoms with E-state index in [-0.39, 0.29) is 12.5 Å². The molecule has 140 valence electrons. The highest BCUT2D eigenvalue weighted by Crippen LogP contribution is 2.21. The number of carbonyl (C=O) groups excluding carboxylic acids is 2. The molecule has 0 spiro atoms. The standard InChI is InChI=1S/C18H23N3O5/c1-10(2)6-15(18(24)25)21-16(22)9-19-17(23)14-8-11-7-12(26-3)4-5-13(11)20-14/h4-5,7-8,10,15,20H,6,9H2,1-3H3,(H,19,23)(H,21,22)(H,24,25)/t15-/m0/s1. The van der Waals surface area contributed by atoms with E-state index in [0.29, 0.717) is 17.9 Å². The van der Waals surface area contributed by atoms with E-state index in [2.05, 4.69) is 15.6 Å². The summed E-state index contributed by atoms with van der Waals surface area (Å²) in [6.45, 7) is 3.43. The number of fused-ring (bicyclic) bond motifs is 1. The van der Waals surface area contributed by atoms with Crippen molar-refractivity contribution in [1.82, 2.24) is 15.6 Å². The Bertz CT molecular complexity index is 812. The molecule has 0 aliphatic heterocycles. The molecular formula is C18H23N3O5. The highest BCUT2D eigenvalue weighted by Gasteiger charge is 2.21. The van der Waals surface area contributed by atoms with Crippen molar-refractivity contribution in [3.05, 3.63) is 30.0 Å². The fourth-order valence-electron chi connectivity index (χ4n) is 2.55. The largest absolute Gasteiger partial charge is 0.497 e. The Morgan fingerprint density at radius 1 is 1.23 bits per heavy atom. The van der Waals surface area contributed by atoms with E-state index >= 15 is 0 Å². The third-order valence-electron chi connectivity index (χ3n) is 3.82. The van der Waals surface area contributed by atoms with Crippen molar-refractivity contribution in [1.29, 1.82) is 0 Å². The Morgan fingerprint density at radius 2 is 1.96 bits per heavy atom. The Hall–Kier alpha value is -3.03. The first-order valence-corrected chi connectivity index (χ1v) is 8.27. The molecule has 1 heterocycles. The van der Waals surface area contributed by atoms with Gasteiger partial charge in [-0.05, 0) is 36.6 Å². The zero-order valence-corrected chi connectivity index (χ0v) is 15.0. The van der Waals surface area contributed by atoms with Crippen molar-refractivity contribution in [2.24, 2.45) is 5.92 Å². The minimum Gasteiger partial charge on any atom is -0.497 e. The van der Waals surface area contributed by atoms with Gasteiger partial charge >= 0.3 is 5.97 Å². The highest BCUT2D eigenvalue weighted by molar-refractivity contribution is 5.99. The van der Waals surface area contributed by atoms with Crippen LogP contribution in [0.4, 0.5) is 0 Å². The molecule has 1 aromatic carbocycles. The normalized spacial score (nSPS) is 12.0. The number of aromatic nitrogens is 1. The molecule has 2 amide bonds. The van der Waals surface area contributed by atoms with Gasteiger partial charge in [-0.25, -0.2) is 4.79 Å². The lowest BCUT2D eigenvalue weighted by molar-refractivity contribution is -0.142. The van der Waals surface area contributed by atoms with Crippen LogP contribution in [-0.2, 0) is 9.59 Å². The van der Waals surface area contributed by atoms with Crippen LogP contribution in [0, 0.1) is 5.92 Å². The van der Waals surface area contributed by atoms with Crippen molar-refractivity contribution in [2.75, 3.05) is 13.7 Å². The van der Waals surface area contributed by atoms with E-state index in [9.17, 15) is 14.4 Å². The zero-order chi connectivity index (χ0) is 19.3. The highest BCUT2D eigenvalue weighted by atomic mass is 16.5. The van der Waals surface area contributed by atoms with E-state index < -0.39 is 23.8 Å². The number of benzene rings is 1. The smallest absolute Gasteiger partial charge is 0.326 e. The van der Waals surface area contributed by atoms with Crippen LogP contribution in [0.1, 0.15) is 30.8 Å². The predicted octanol–water partition coefficient (Wildman–Crippen LogP) is 1.52. The van der Waals surface area contributed by atoms with Crippen molar-refractivity contribution in [3.8, 4) is 5.75 Å². The zero-order valence-electron chi connectivity index (χ0n) is 15.0. The quantitative estimate of drug-likeness (QED) is 0.568. The molecule has 0 radical (unpaired) electrons. The Morgan fingerprint density at radius 3 is 2.58 bits per heavy atom. The van der Waals surface area contributed by atoms with Gasteiger partial charge in [0.1, 0.15) is 17.5 Å². The van der Waals surface area contributed by atoms with E-state index in [1.165, 1.54) is 0 Å². The molecule has 1 aromatic heterocycles. The second kappa shape index (κ2) is 8.37. The molecule has 0 saturated carbocycles. The number of ether oxygens (including phenoxy) is 1.